The number of imidazole rings is 1. The Balaban J connectivity index is 1.08. The third-order valence-corrected chi connectivity index (χ3v) is 8.01. The summed E-state index contributed by atoms with van der Waals surface area (Å²) in [6.45, 7) is 3.08. The van der Waals surface area contributed by atoms with Crippen LogP contribution in [0.5, 0.6) is 6.01 Å². The maximum Gasteiger partial charge on any atom is 0.439 e. The van der Waals surface area contributed by atoms with Crippen LogP contribution < -0.4 is 10.5 Å². The fourth-order valence-electron chi connectivity index (χ4n) is 5.33. The average Bonchev–Trinajstić information content (AvgIpc) is 3.58. The Morgan fingerprint density at radius 1 is 1.14 bits per heavy atom. The van der Waals surface area contributed by atoms with Crippen molar-refractivity contribution in [1.82, 2.24) is 34.6 Å². The van der Waals surface area contributed by atoms with E-state index >= 15 is 0 Å². The number of nitrogens with one attached hydrogen (secondary N) is 1. The Kier molecular flexibility index (Phi) is 7.66. The van der Waals surface area contributed by atoms with Crippen molar-refractivity contribution in [3.8, 4) is 17.4 Å². The van der Waals surface area contributed by atoms with Crippen LogP contribution in [0, 0.1) is 11.6 Å². The summed E-state index contributed by atoms with van der Waals surface area (Å²) in [4.78, 5) is 29.4. The number of halogens is 3. The van der Waals surface area contributed by atoms with E-state index in [1.165, 1.54) is 12.1 Å². The molecule has 14 heteroatoms. The number of H-pyrrole nitrogens is 1. The third-order valence-electron chi connectivity index (χ3n) is 7.78. The van der Waals surface area contributed by atoms with Crippen LogP contribution >= 0.6 is 11.6 Å². The zero-order valence-corrected chi connectivity index (χ0v) is 24.1. The lowest BCUT2D eigenvalue weighted by atomic mass is 10.0. The van der Waals surface area contributed by atoms with E-state index in [1.807, 2.05) is 24.3 Å². The minimum absolute atomic E-state index is 0.0416. The van der Waals surface area contributed by atoms with Gasteiger partial charge in [-0.15, -0.1) is 0 Å². The number of aromatic amines is 1. The number of rotatable bonds is 9. The minimum atomic E-state index is -0.620. The Hall–Kier alpha value is -4.46. The maximum atomic E-state index is 14.8. The van der Waals surface area contributed by atoms with Crippen molar-refractivity contribution in [1.29, 1.82) is 0 Å². The Bertz CT molecular complexity index is 1930. The van der Waals surface area contributed by atoms with Crippen LogP contribution in [-0.4, -0.2) is 60.4 Å². The molecular formula is C30H26ClF2N7O4. The first-order chi connectivity index (χ1) is 21.4. The fourth-order valence-corrected chi connectivity index (χ4v) is 5.49. The van der Waals surface area contributed by atoms with Crippen molar-refractivity contribution in [3.05, 3.63) is 93.0 Å². The Morgan fingerprint density at radius 2 is 2.02 bits per heavy atom. The summed E-state index contributed by atoms with van der Waals surface area (Å²) in [7, 11) is 0. The standard InChI is InChI=1S/C30H26ClF2N7O4/c31-20-3-1-19(22(32)12-20)16-43-29-34-13-23(33)27(36-29)17-5-8-39(9-6-17)15-26-35-24-11-18(28-37-30(41)44-38-28)2-4-25(24)40(26)14-21-7-10-42-21/h1-5,11-13,21H,6-10,14-16H2,(H,37,38,41). The van der Waals surface area contributed by atoms with Gasteiger partial charge in [0.15, 0.2) is 11.6 Å². The summed E-state index contributed by atoms with van der Waals surface area (Å²) in [5.74, 6) is -0.468. The highest BCUT2D eigenvalue weighted by Gasteiger charge is 2.24. The van der Waals surface area contributed by atoms with Crippen molar-refractivity contribution in [2.45, 2.75) is 38.6 Å². The number of benzene rings is 2. The van der Waals surface area contributed by atoms with Gasteiger partial charge in [0.2, 0.25) is 0 Å². The highest BCUT2D eigenvalue weighted by atomic mass is 35.5. The van der Waals surface area contributed by atoms with Crippen LogP contribution in [-0.2, 0) is 24.4 Å². The van der Waals surface area contributed by atoms with Crippen molar-refractivity contribution < 1.29 is 22.8 Å². The molecule has 1 saturated heterocycles. The Morgan fingerprint density at radius 3 is 2.75 bits per heavy atom. The predicted octanol–water partition coefficient (Wildman–Crippen LogP) is 4.76. The molecular weight excluding hydrogens is 596 g/mol. The number of hydrogen-bond acceptors (Lipinski definition) is 9. The largest absolute Gasteiger partial charge is 0.458 e. The molecule has 5 aromatic rings. The molecule has 226 valence electrons. The van der Waals surface area contributed by atoms with E-state index in [0.717, 1.165) is 41.7 Å². The summed E-state index contributed by atoms with van der Waals surface area (Å²) < 4.78 is 47.0. The van der Waals surface area contributed by atoms with Gasteiger partial charge in [-0.1, -0.05) is 28.9 Å². The van der Waals surface area contributed by atoms with Crippen LogP contribution in [0.15, 0.2) is 58.0 Å². The van der Waals surface area contributed by atoms with Crippen LogP contribution in [0.4, 0.5) is 8.78 Å². The van der Waals surface area contributed by atoms with E-state index in [9.17, 15) is 13.6 Å². The molecule has 0 radical (unpaired) electrons. The van der Waals surface area contributed by atoms with Crippen LogP contribution in [0.3, 0.4) is 0 Å². The number of fused-ring (bicyclic) bond motifs is 1. The second-order valence-corrected chi connectivity index (χ2v) is 11.1. The first-order valence-electron chi connectivity index (χ1n) is 14.1. The van der Waals surface area contributed by atoms with E-state index in [-0.39, 0.29) is 35.0 Å². The summed E-state index contributed by atoms with van der Waals surface area (Å²) in [5, 5.41) is 4.07. The molecule has 1 fully saturated rings. The molecule has 0 spiro atoms. The highest BCUT2D eigenvalue weighted by Crippen LogP contribution is 2.28. The van der Waals surface area contributed by atoms with Crippen molar-refractivity contribution >= 4 is 28.2 Å². The number of aromatic nitrogens is 6. The summed E-state index contributed by atoms with van der Waals surface area (Å²) in [5.41, 5.74) is 3.61. The summed E-state index contributed by atoms with van der Waals surface area (Å²) in [6, 6.07) is 9.94. The molecule has 2 aliphatic rings. The molecule has 1 unspecified atom stereocenters. The zero-order chi connectivity index (χ0) is 30.2. The fraction of sp³-hybridized carbons (Fsp3) is 0.300. The van der Waals surface area contributed by atoms with Crippen molar-refractivity contribution in [2.75, 3.05) is 19.7 Å². The number of ether oxygens (including phenoxy) is 2. The molecule has 11 nitrogen and oxygen atoms in total. The first kappa shape index (κ1) is 28.3. The summed E-state index contributed by atoms with van der Waals surface area (Å²) >= 11 is 5.81. The molecule has 0 bridgehead atoms. The van der Waals surface area contributed by atoms with E-state index in [0.29, 0.717) is 44.0 Å². The molecule has 7 rings (SSSR count). The maximum absolute atomic E-state index is 14.8. The molecule has 2 aromatic carbocycles. The quantitative estimate of drug-likeness (QED) is 0.248. The van der Waals surface area contributed by atoms with Gasteiger partial charge in [-0.2, -0.15) is 4.98 Å². The van der Waals surface area contributed by atoms with Crippen LogP contribution in [0.25, 0.3) is 28.0 Å². The van der Waals surface area contributed by atoms with Crippen LogP contribution in [0.2, 0.25) is 5.02 Å². The van der Waals surface area contributed by atoms with Crippen LogP contribution in [0.1, 0.15) is 29.9 Å². The number of hydrogen-bond donors (Lipinski definition) is 1. The first-order valence-corrected chi connectivity index (χ1v) is 14.5. The van der Waals surface area contributed by atoms with E-state index in [1.54, 1.807) is 6.07 Å². The molecule has 2 aliphatic heterocycles. The average molecular weight is 622 g/mol. The molecule has 0 amide bonds. The lowest BCUT2D eigenvalue weighted by molar-refractivity contribution is -0.0591. The van der Waals surface area contributed by atoms with Gasteiger partial charge >= 0.3 is 11.8 Å². The molecule has 0 aliphatic carbocycles. The molecule has 1 atom stereocenters. The van der Waals surface area contributed by atoms with Gasteiger partial charge in [-0.05, 0) is 48.7 Å². The third kappa shape index (κ3) is 5.85. The van der Waals surface area contributed by atoms with Gasteiger partial charge in [-0.25, -0.2) is 23.5 Å². The van der Waals surface area contributed by atoms with Gasteiger partial charge in [0.25, 0.3) is 0 Å². The van der Waals surface area contributed by atoms with Crippen molar-refractivity contribution in [2.24, 2.45) is 0 Å². The highest BCUT2D eigenvalue weighted by molar-refractivity contribution is 6.30. The predicted molar refractivity (Wildman–Crippen MR) is 156 cm³/mol. The second kappa shape index (κ2) is 11.9. The topological polar surface area (TPSA) is 124 Å². The van der Waals surface area contributed by atoms with Gasteiger partial charge in [-0.3, -0.25) is 14.4 Å². The molecule has 3 aromatic heterocycles. The SMILES string of the molecule is O=c1[nH]c(-c2ccc3c(c2)nc(CN2CC=C(c4nc(OCc5ccc(Cl)cc5F)ncc4F)CC2)n3CC2CCO2)no1. The van der Waals surface area contributed by atoms with Gasteiger partial charge in [0.05, 0.1) is 36.4 Å². The van der Waals surface area contributed by atoms with Crippen molar-refractivity contribution in [3.63, 3.8) is 0 Å². The monoisotopic (exact) mass is 621 g/mol. The zero-order valence-electron chi connectivity index (χ0n) is 23.3. The number of nitrogens with zero attached hydrogens (tertiary/aromatic N) is 6. The smallest absolute Gasteiger partial charge is 0.439 e. The van der Waals surface area contributed by atoms with Gasteiger partial charge < -0.3 is 14.0 Å². The van der Waals surface area contributed by atoms with E-state index in [2.05, 4.69) is 34.1 Å². The van der Waals surface area contributed by atoms with E-state index in [4.69, 9.17) is 26.1 Å². The normalized spacial score (nSPS) is 17.1. The lowest BCUT2D eigenvalue weighted by Crippen LogP contribution is -2.33. The molecule has 1 N–H and O–H groups in total. The molecule has 0 saturated carbocycles. The minimum Gasteiger partial charge on any atom is -0.458 e. The molecule has 44 heavy (non-hydrogen) atoms. The van der Waals surface area contributed by atoms with Gasteiger partial charge in [0.1, 0.15) is 23.9 Å². The van der Waals surface area contributed by atoms with Gasteiger partial charge in [0, 0.05) is 35.8 Å². The Labute approximate surface area is 254 Å². The summed E-state index contributed by atoms with van der Waals surface area (Å²) in [6.07, 6.45) is 4.67. The molecule has 5 heterocycles. The lowest BCUT2D eigenvalue weighted by Gasteiger charge is -2.29. The van der Waals surface area contributed by atoms with E-state index < -0.39 is 17.4 Å². The second-order valence-electron chi connectivity index (χ2n) is 10.7.